The molecule has 0 atom stereocenters. The van der Waals surface area contributed by atoms with E-state index in [1.165, 1.54) is 4.31 Å². The molecule has 0 bridgehead atoms. The average Bonchev–Trinajstić information content (AvgIpc) is 2.88. The van der Waals surface area contributed by atoms with E-state index < -0.39 is 10.0 Å². The smallest absolute Gasteiger partial charge is 0.248 e. The van der Waals surface area contributed by atoms with Gasteiger partial charge in [0.05, 0.1) is 6.20 Å². The van der Waals surface area contributed by atoms with Crippen molar-refractivity contribution in [3.05, 3.63) is 30.0 Å². The third-order valence-electron chi connectivity index (χ3n) is 3.68. The highest BCUT2D eigenvalue weighted by Crippen LogP contribution is 2.24. The van der Waals surface area contributed by atoms with E-state index in [4.69, 9.17) is 4.52 Å². The molecular weight excluding hydrogens is 306 g/mol. The molecule has 0 unspecified atom stereocenters. The van der Waals surface area contributed by atoms with Gasteiger partial charge < -0.3 is 9.42 Å². The molecule has 0 N–H and O–H groups in total. The molecule has 0 radical (unpaired) electrons. The lowest BCUT2D eigenvalue weighted by atomic mass is 10.3. The van der Waals surface area contributed by atoms with Gasteiger partial charge in [0.1, 0.15) is 16.4 Å². The van der Waals surface area contributed by atoms with Crippen molar-refractivity contribution in [2.24, 2.45) is 0 Å². The highest BCUT2D eigenvalue weighted by Gasteiger charge is 2.33. The fourth-order valence-corrected chi connectivity index (χ4v) is 4.30. The van der Waals surface area contributed by atoms with Crippen LogP contribution in [0.2, 0.25) is 0 Å². The summed E-state index contributed by atoms with van der Waals surface area (Å²) in [4.78, 5) is 10.5. The summed E-state index contributed by atoms with van der Waals surface area (Å²) < 4.78 is 31.9. The third kappa shape index (κ3) is 2.57. The Kier molecular flexibility index (Phi) is 3.83. The Bertz CT molecular complexity index is 732. The zero-order valence-electron chi connectivity index (χ0n) is 12.4. The molecule has 1 aliphatic rings. The lowest BCUT2D eigenvalue weighted by Crippen LogP contribution is -2.49. The van der Waals surface area contributed by atoms with Crippen molar-refractivity contribution in [1.29, 1.82) is 0 Å². The molecule has 0 spiro atoms. The van der Waals surface area contributed by atoms with Crippen LogP contribution in [0, 0.1) is 13.8 Å². The predicted octanol–water partition coefficient (Wildman–Crippen LogP) is 0.592. The van der Waals surface area contributed by atoms with Crippen molar-refractivity contribution >= 4 is 15.8 Å². The van der Waals surface area contributed by atoms with Gasteiger partial charge >= 0.3 is 0 Å². The fraction of sp³-hybridized carbons (Fsp3) is 0.462. The highest BCUT2D eigenvalue weighted by molar-refractivity contribution is 7.89. The monoisotopic (exact) mass is 323 g/mol. The Balaban J connectivity index is 1.76. The summed E-state index contributed by atoms with van der Waals surface area (Å²) in [5.74, 6) is 1.09. The zero-order valence-corrected chi connectivity index (χ0v) is 13.2. The van der Waals surface area contributed by atoms with Crippen molar-refractivity contribution in [1.82, 2.24) is 19.4 Å². The van der Waals surface area contributed by atoms with Crippen LogP contribution in [0.4, 0.5) is 5.82 Å². The van der Waals surface area contributed by atoms with Crippen molar-refractivity contribution in [3.8, 4) is 0 Å². The number of nitrogens with zero attached hydrogens (tertiary/aromatic N) is 5. The fourth-order valence-electron chi connectivity index (χ4n) is 2.58. The number of piperazine rings is 1. The molecule has 0 aliphatic carbocycles. The van der Waals surface area contributed by atoms with Gasteiger partial charge in [0, 0.05) is 38.6 Å². The zero-order chi connectivity index (χ0) is 15.7. The molecule has 3 heterocycles. The van der Waals surface area contributed by atoms with Crippen LogP contribution < -0.4 is 4.90 Å². The molecule has 22 heavy (non-hydrogen) atoms. The van der Waals surface area contributed by atoms with Crippen LogP contribution in [-0.2, 0) is 10.0 Å². The Morgan fingerprint density at radius 3 is 2.41 bits per heavy atom. The molecule has 2 aromatic rings. The Morgan fingerprint density at radius 1 is 1.14 bits per heavy atom. The molecular formula is C13H17N5O3S. The summed E-state index contributed by atoms with van der Waals surface area (Å²) in [5, 5.41) is 3.73. The maximum atomic E-state index is 12.7. The maximum absolute atomic E-state index is 12.7. The van der Waals surface area contributed by atoms with E-state index in [1.54, 1.807) is 32.4 Å². The normalized spacial score (nSPS) is 16.9. The Hall–Kier alpha value is -2.00. The van der Waals surface area contributed by atoms with Gasteiger partial charge in [0.2, 0.25) is 10.0 Å². The van der Waals surface area contributed by atoms with E-state index >= 15 is 0 Å². The topological polar surface area (TPSA) is 92.4 Å². The number of hydrogen-bond acceptors (Lipinski definition) is 7. The summed E-state index contributed by atoms with van der Waals surface area (Å²) in [6.45, 7) is 5.18. The van der Waals surface area contributed by atoms with Crippen molar-refractivity contribution in [3.63, 3.8) is 0 Å². The number of hydrogen-bond donors (Lipinski definition) is 0. The van der Waals surface area contributed by atoms with Gasteiger partial charge in [-0.05, 0) is 13.8 Å². The van der Waals surface area contributed by atoms with E-state index in [9.17, 15) is 8.42 Å². The minimum Gasteiger partial charge on any atom is -0.360 e. The number of anilines is 1. The lowest BCUT2D eigenvalue weighted by Gasteiger charge is -2.34. The molecule has 1 fully saturated rings. The number of aromatic nitrogens is 3. The largest absolute Gasteiger partial charge is 0.360 e. The predicted molar refractivity (Wildman–Crippen MR) is 79.0 cm³/mol. The first-order valence-electron chi connectivity index (χ1n) is 6.94. The van der Waals surface area contributed by atoms with E-state index in [-0.39, 0.29) is 4.90 Å². The van der Waals surface area contributed by atoms with Crippen LogP contribution in [0.3, 0.4) is 0 Å². The van der Waals surface area contributed by atoms with Gasteiger partial charge in [0.25, 0.3) is 0 Å². The second-order valence-electron chi connectivity index (χ2n) is 5.11. The molecule has 1 aliphatic heterocycles. The molecule has 0 saturated carbocycles. The van der Waals surface area contributed by atoms with Crippen LogP contribution in [0.25, 0.3) is 0 Å². The standard InChI is InChI=1S/C13H17N5O3S/c1-10-13(11(2)21-16-10)22(19,20)18-7-5-17(6-8-18)12-9-14-3-4-15-12/h3-4,9H,5-8H2,1-2H3. The van der Waals surface area contributed by atoms with Gasteiger partial charge in [-0.3, -0.25) is 4.98 Å². The van der Waals surface area contributed by atoms with Gasteiger partial charge in [-0.1, -0.05) is 5.16 Å². The van der Waals surface area contributed by atoms with E-state index in [0.29, 0.717) is 37.6 Å². The van der Waals surface area contributed by atoms with E-state index in [1.807, 2.05) is 4.90 Å². The molecule has 0 aromatic carbocycles. The van der Waals surface area contributed by atoms with Gasteiger partial charge in [0.15, 0.2) is 5.76 Å². The van der Waals surface area contributed by atoms with Crippen LogP contribution in [0.1, 0.15) is 11.5 Å². The van der Waals surface area contributed by atoms with Crippen molar-refractivity contribution in [2.75, 3.05) is 31.1 Å². The van der Waals surface area contributed by atoms with Gasteiger partial charge in [-0.15, -0.1) is 0 Å². The minimum atomic E-state index is -3.57. The van der Waals surface area contributed by atoms with E-state index in [0.717, 1.165) is 5.82 Å². The molecule has 8 nitrogen and oxygen atoms in total. The SMILES string of the molecule is Cc1noc(C)c1S(=O)(=O)N1CCN(c2cnccn2)CC1. The summed E-state index contributed by atoms with van der Waals surface area (Å²) in [6.07, 6.45) is 4.92. The minimum absolute atomic E-state index is 0.181. The van der Waals surface area contributed by atoms with Crippen LogP contribution in [0.5, 0.6) is 0 Å². The first-order valence-corrected chi connectivity index (χ1v) is 8.38. The number of rotatable bonds is 3. The lowest BCUT2D eigenvalue weighted by molar-refractivity contribution is 0.377. The molecule has 118 valence electrons. The molecule has 1 saturated heterocycles. The molecule has 0 amide bonds. The van der Waals surface area contributed by atoms with Crippen LogP contribution >= 0.6 is 0 Å². The summed E-state index contributed by atoms with van der Waals surface area (Å²) in [7, 11) is -3.57. The summed E-state index contributed by atoms with van der Waals surface area (Å²) in [6, 6.07) is 0. The number of sulfonamides is 1. The quantitative estimate of drug-likeness (QED) is 0.816. The second kappa shape index (κ2) is 5.65. The summed E-state index contributed by atoms with van der Waals surface area (Å²) in [5.41, 5.74) is 0.397. The number of aryl methyl sites for hydroxylation is 2. The van der Waals surface area contributed by atoms with Crippen molar-refractivity contribution < 1.29 is 12.9 Å². The summed E-state index contributed by atoms with van der Waals surface area (Å²) >= 11 is 0. The van der Waals surface area contributed by atoms with Crippen LogP contribution in [0.15, 0.2) is 28.0 Å². The molecule has 9 heteroatoms. The van der Waals surface area contributed by atoms with Gasteiger partial charge in [-0.25, -0.2) is 13.4 Å². The Labute approximate surface area is 128 Å². The van der Waals surface area contributed by atoms with Crippen molar-refractivity contribution in [2.45, 2.75) is 18.7 Å². The molecule has 3 rings (SSSR count). The Morgan fingerprint density at radius 2 is 1.86 bits per heavy atom. The third-order valence-corrected chi connectivity index (χ3v) is 5.82. The second-order valence-corrected chi connectivity index (χ2v) is 6.98. The first-order chi connectivity index (χ1) is 10.5. The maximum Gasteiger partial charge on any atom is 0.248 e. The highest BCUT2D eigenvalue weighted by atomic mass is 32.2. The molecule has 2 aromatic heterocycles. The first kappa shape index (κ1) is 14.9. The van der Waals surface area contributed by atoms with Crippen LogP contribution in [-0.4, -0.2) is 54.0 Å². The van der Waals surface area contributed by atoms with E-state index in [2.05, 4.69) is 15.1 Å². The average molecular weight is 323 g/mol. The van der Waals surface area contributed by atoms with Gasteiger partial charge in [-0.2, -0.15) is 4.31 Å².